The van der Waals surface area contributed by atoms with Crippen LogP contribution in [0.15, 0.2) is 48.8 Å². The van der Waals surface area contributed by atoms with Crippen molar-refractivity contribution in [1.82, 2.24) is 9.88 Å². The van der Waals surface area contributed by atoms with Gasteiger partial charge in [0.2, 0.25) is 5.91 Å². The number of aromatic nitrogens is 1. The molecule has 0 aliphatic carbocycles. The maximum absolute atomic E-state index is 11.6. The van der Waals surface area contributed by atoms with Crippen LogP contribution < -0.4 is 5.32 Å². The molecule has 0 atom stereocenters. The van der Waals surface area contributed by atoms with E-state index in [1.807, 2.05) is 54.2 Å². The second-order valence-corrected chi connectivity index (χ2v) is 4.12. The van der Waals surface area contributed by atoms with Crippen LogP contribution in [0.4, 0.5) is 0 Å². The molecule has 0 saturated heterocycles. The molecule has 2 rings (SSSR count). The van der Waals surface area contributed by atoms with Gasteiger partial charge in [0.15, 0.2) is 0 Å². The minimum absolute atomic E-state index is 0.0303. The molecule has 0 aliphatic rings. The average Bonchev–Trinajstić information content (AvgIpc) is 2.79. The van der Waals surface area contributed by atoms with Crippen molar-refractivity contribution in [1.29, 1.82) is 0 Å². The fourth-order valence-corrected chi connectivity index (χ4v) is 1.72. The standard InChI is InChI=1S/C14H16N2O/c1-12-5-4-6-13(9-12)10-15-14(17)11-16-7-2-3-8-16/h2-9H,10-11H2,1H3,(H,15,17). The van der Waals surface area contributed by atoms with E-state index >= 15 is 0 Å². The first-order chi connectivity index (χ1) is 8.24. The van der Waals surface area contributed by atoms with Gasteiger partial charge >= 0.3 is 0 Å². The van der Waals surface area contributed by atoms with Crippen LogP contribution in [0.3, 0.4) is 0 Å². The highest BCUT2D eigenvalue weighted by molar-refractivity contribution is 5.75. The van der Waals surface area contributed by atoms with Crippen molar-refractivity contribution in [3.63, 3.8) is 0 Å². The summed E-state index contributed by atoms with van der Waals surface area (Å²) in [6.07, 6.45) is 3.76. The number of amides is 1. The fraction of sp³-hybridized carbons (Fsp3) is 0.214. The van der Waals surface area contributed by atoms with Gasteiger partial charge in [-0.1, -0.05) is 29.8 Å². The number of hydrogen-bond donors (Lipinski definition) is 1. The Balaban J connectivity index is 1.84. The molecule has 1 heterocycles. The Morgan fingerprint density at radius 3 is 2.71 bits per heavy atom. The molecular weight excluding hydrogens is 212 g/mol. The van der Waals surface area contributed by atoms with Crippen molar-refractivity contribution in [3.05, 3.63) is 59.9 Å². The maximum Gasteiger partial charge on any atom is 0.240 e. The SMILES string of the molecule is Cc1cccc(CNC(=O)Cn2cccc2)c1. The molecule has 88 valence electrons. The normalized spacial score (nSPS) is 10.2. The van der Waals surface area contributed by atoms with Crippen molar-refractivity contribution in [2.75, 3.05) is 0 Å². The Bertz CT molecular complexity index is 489. The molecule has 0 unspecified atom stereocenters. The molecule has 1 aromatic heterocycles. The van der Waals surface area contributed by atoms with Gasteiger partial charge in [-0.05, 0) is 24.6 Å². The van der Waals surface area contributed by atoms with Crippen molar-refractivity contribution < 1.29 is 4.79 Å². The van der Waals surface area contributed by atoms with E-state index in [-0.39, 0.29) is 5.91 Å². The largest absolute Gasteiger partial charge is 0.350 e. The van der Waals surface area contributed by atoms with Gasteiger partial charge in [0, 0.05) is 18.9 Å². The summed E-state index contributed by atoms with van der Waals surface area (Å²) >= 11 is 0. The van der Waals surface area contributed by atoms with Crippen LogP contribution in [-0.4, -0.2) is 10.5 Å². The Hall–Kier alpha value is -2.03. The molecule has 3 heteroatoms. The summed E-state index contributed by atoms with van der Waals surface area (Å²) in [7, 11) is 0. The first kappa shape index (κ1) is 11.5. The molecule has 1 amide bonds. The number of nitrogens with zero attached hydrogens (tertiary/aromatic N) is 1. The third kappa shape index (κ3) is 3.48. The Morgan fingerprint density at radius 1 is 1.24 bits per heavy atom. The number of carbonyl (C=O) groups excluding carboxylic acids is 1. The van der Waals surface area contributed by atoms with Gasteiger partial charge in [-0.15, -0.1) is 0 Å². The predicted molar refractivity (Wildman–Crippen MR) is 67.5 cm³/mol. The van der Waals surface area contributed by atoms with Crippen LogP contribution in [0.5, 0.6) is 0 Å². The van der Waals surface area contributed by atoms with E-state index in [2.05, 4.69) is 11.4 Å². The van der Waals surface area contributed by atoms with Crippen molar-refractivity contribution in [2.45, 2.75) is 20.0 Å². The molecule has 0 radical (unpaired) electrons. The lowest BCUT2D eigenvalue weighted by atomic mass is 10.1. The van der Waals surface area contributed by atoms with E-state index in [0.717, 1.165) is 5.56 Å². The van der Waals surface area contributed by atoms with Crippen LogP contribution in [0.1, 0.15) is 11.1 Å². The molecule has 0 spiro atoms. The van der Waals surface area contributed by atoms with Crippen LogP contribution in [-0.2, 0) is 17.9 Å². The summed E-state index contributed by atoms with van der Waals surface area (Å²) in [5, 5.41) is 2.90. The number of rotatable bonds is 4. The molecule has 2 aromatic rings. The summed E-state index contributed by atoms with van der Waals surface area (Å²) < 4.78 is 1.85. The zero-order valence-electron chi connectivity index (χ0n) is 9.89. The van der Waals surface area contributed by atoms with E-state index in [1.165, 1.54) is 5.56 Å². The lowest BCUT2D eigenvalue weighted by molar-refractivity contribution is -0.121. The molecule has 3 nitrogen and oxygen atoms in total. The number of benzene rings is 1. The van der Waals surface area contributed by atoms with Crippen LogP contribution >= 0.6 is 0 Å². The summed E-state index contributed by atoms with van der Waals surface area (Å²) in [6, 6.07) is 12.0. The predicted octanol–water partition coefficient (Wildman–Crippen LogP) is 2.11. The zero-order valence-corrected chi connectivity index (χ0v) is 9.89. The highest BCUT2D eigenvalue weighted by Gasteiger charge is 2.01. The smallest absolute Gasteiger partial charge is 0.240 e. The number of carbonyl (C=O) groups is 1. The van der Waals surface area contributed by atoms with Crippen LogP contribution in [0.2, 0.25) is 0 Å². The number of hydrogen-bond acceptors (Lipinski definition) is 1. The van der Waals surface area contributed by atoms with Gasteiger partial charge in [0.25, 0.3) is 0 Å². The lowest BCUT2D eigenvalue weighted by Crippen LogP contribution is -2.26. The van der Waals surface area contributed by atoms with E-state index < -0.39 is 0 Å². The van der Waals surface area contributed by atoms with Gasteiger partial charge in [0.1, 0.15) is 6.54 Å². The first-order valence-electron chi connectivity index (χ1n) is 5.67. The molecule has 0 saturated carbocycles. The molecule has 0 aliphatic heterocycles. The van der Waals surface area contributed by atoms with Crippen molar-refractivity contribution in [3.8, 4) is 0 Å². The van der Waals surface area contributed by atoms with Gasteiger partial charge < -0.3 is 9.88 Å². The number of nitrogens with one attached hydrogen (secondary N) is 1. The summed E-state index contributed by atoms with van der Waals surface area (Å²) in [5.41, 5.74) is 2.34. The topological polar surface area (TPSA) is 34.0 Å². The van der Waals surface area contributed by atoms with Crippen LogP contribution in [0.25, 0.3) is 0 Å². The van der Waals surface area contributed by atoms with Gasteiger partial charge in [-0.3, -0.25) is 4.79 Å². The monoisotopic (exact) mass is 228 g/mol. The van der Waals surface area contributed by atoms with Gasteiger partial charge in [0.05, 0.1) is 0 Å². The summed E-state index contributed by atoms with van der Waals surface area (Å²) in [4.78, 5) is 11.6. The third-order valence-corrected chi connectivity index (χ3v) is 2.56. The molecule has 17 heavy (non-hydrogen) atoms. The first-order valence-corrected chi connectivity index (χ1v) is 5.67. The molecule has 0 bridgehead atoms. The second kappa shape index (κ2) is 5.34. The highest BCUT2D eigenvalue weighted by atomic mass is 16.1. The maximum atomic E-state index is 11.6. The second-order valence-electron chi connectivity index (χ2n) is 4.12. The third-order valence-electron chi connectivity index (χ3n) is 2.56. The van der Waals surface area contributed by atoms with E-state index in [4.69, 9.17) is 0 Å². The molecule has 1 N–H and O–H groups in total. The highest BCUT2D eigenvalue weighted by Crippen LogP contribution is 2.03. The molecule has 1 aromatic carbocycles. The average molecular weight is 228 g/mol. The lowest BCUT2D eigenvalue weighted by Gasteiger charge is -2.06. The zero-order chi connectivity index (χ0) is 12.1. The van der Waals surface area contributed by atoms with Crippen LogP contribution in [0, 0.1) is 6.92 Å². The minimum atomic E-state index is 0.0303. The molecular formula is C14H16N2O. The summed E-state index contributed by atoms with van der Waals surface area (Å²) in [5.74, 6) is 0.0303. The Morgan fingerprint density at radius 2 is 2.00 bits per heavy atom. The van der Waals surface area contributed by atoms with E-state index in [0.29, 0.717) is 13.1 Å². The fourth-order valence-electron chi connectivity index (χ4n) is 1.72. The van der Waals surface area contributed by atoms with E-state index in [9.17, 15) is 4.79 Å². The Labute approximate surface area is 101 Å². The van der Waals surface area contributed by atoms with Crippen molar-refractivity contribution >= 4 is 5.91 Å². The summed E-state index contributed by atoms with van der Waals surface area (Å²) in [6.45, 7) is 3.01. The van der Waals surface area contributed by atoms with Gasteiger partial charge in [-0.2, -0.15) is 0 Å². The Kier molecular flexibility index (Phi) is 3.60. The quantitative estimate of drug-likeness (QED) is 0.854. The minimum Gasteiger partial charge on any atom is -0.350 e. The van der Waals surface area contributed by atoms with E-state index in [1.54, 1.807) is 0 Å². The number of aryl methyl sites for hydroxylation is 1. The van der Waals surface area contributed by atoms with Gasteiger partial charge in [-0.25, -0.2) is 0 Å². The van der Waals surface area contributed by atoms with Crippen molar-refractivity contribution in [2.24, 2.45) is 0 Å². The molecule has 0 fully saturated rings.